The zero-order chi connectivity index (χ0) is 13.1. The first-order chi connectivity index (χ1) is 7.92. The lowest BCUT2D eigenvalue weighted by atomic mass is 10.0. The maximum atomic E-state index is 6.04. The molecule has 0 amide bonds. The number of rotatable bonds is 6. The van der Waals surface area contributed by atoms with Crippen molar-refractivity contribution in [2.75, 3.05) is 6.61 Å². The summed E-state index contributed by atoms with van der Waals surface area (Å²) < 4.78 is 10.8. The van der Waals surface area contributed by atoms with Crippen molar-refractivity contribution in [3.8, 4) is 0 Å². The fourth-order valence-electron chi connectivity index (χ4n) is 1.54. The minimum absolute atomic E-state index is 0.210. The van der Waals surface area contributed by atoms with E-state index in [0.717, 1.165) is 6.42 Å². The quantitative estimate of drug-likeness (QED) is 0.827. The Hall–Kier alpha value is -0.940. The molecule has 0 bridgehead atoms. The maximum absolute atomic E-state index is 6.04. The number of hydrogen-bond donors (Lipinski definition) is 1. The minimum atomic E-state index is -0.536. The molecule has 0 saturated heterocycles. The molecule has 0 aliphatic heterocycles. The third kappa shape index (κ3) is 3.26. The van der Waals surface area contributed by atoms with Gasteiger partial charge in [0.2, 0.25) is 11.7 Å². The highest BCUT2D eigenvalue weighted by molar-refractivity contribution is 5.00. The molecule has 98 valence electrons. The molecular formula is C12H23N3O2. The number of nitrogens with two attached hydrogens (primary N) is 1. The minimum Gasteiger partial charge on any atom is -0.368 e. The van der Waals surface area contributed by atoms with E-state index in [1.165, 1.54) is 0 Å². The second-order valence-electron chi connectivity index (χ2n) is 4.81. The van der Waals surface area contributed by atoms with Gasteiger partial charge in [-0.05, 0) is 26.7 Å². The second kappa shape index (κ2) is 5.60. The molecule has 2 N–H and O–H groups in total. The Morgan fingerprint density at radius 1 is 1.41 bits per heavy atom. The second-order valence-corrected chi connectivity index (χ2v) is 4.81. The van der Waals surface area contributed by atoms with Crippen molar-refractivity contribution >= 4 is 0 Å². The Bertz CT molecular complexity index is 349. The van der Waals surface area contributed by atoms with Crippen molar-refractivity contribution in [3.63, 3.8) is 0 Å². The fourth-order valence-corrected chi connectivity index (χ4v) is 1.54. The van der Waals surface area contributed by atoms with Crippen LogP contribution < -0.4 is 5.73 Å². The van der Waals surface area contributed by atoms with E-state index in [1.54, 1.807) is 0 Å². The SMILES string of the molecule is CCOC(C)(C)c1noc(C(N)C(C)CC)n1. The number of aromatic nitrogens is 2. The Morgan fingerprint density at radius 3 is 2.59 bits per heavy atom. The molecule has 0 aromatic carbocycles. The Kier molecular flexibility index (Phi) is 4.65. The van der Waals surface area contributed by atoms with Gasteiger partial charge in [-0.2, -0.15) is 4.98 Å². The zero-order valence-electron chi connectivity index (χ0n) is 11.4. The van der Waals surface area contributed by atoms with Crippen LogP contribution in [0.5, 0.6) is 0 Å². The van der Waals surface area contributed by atoms with E-state index in [9.17, 15) is 0 Å². The standard InChI is InChI=1S/C12H23N3O2/c1-6-8(3)9(13)10-14-11(15-17-10)12(4,5)16-7-2/h8-9H,6-7,13H2,1-5H3. The van der Waals surface area contributed by atoms with Gasteiger partial charge in [-0.15, -0.1) is 0 Å². The lowest BCUT2D eigenvalue weighted by molar-refractivity contribution is -0.0221. The van der Waals surface area contributed by atoms with Crippen LogP contribution in [0.2, 0.25) is 0 Å². The van der Waals surface area contributed by atoms with Gasteiger partial charge < -0.3 is 15.0 Å². The van der Waals surface area contributed by atoms with E-state index in [2.05, 4.69) is 24.0 Å². The summed E-state index contributed by atoms with van der Waals surface area (Å²) in [6.45, 7) is 10.5. The number of nitrogens with zero attached hydrogens (tertiary/aromatic N) is 2. The molecule has 0 aliphatic rings. The molecule has 2 atom stereocenters. The topological polar surface area (TPSA) is 74.2 Å². The fraction of sp³-hybridized carbons (Fsp3) is 0.833. The van der Waals surface area contributed by atoms with E-state index >= 15 is 0 Å². The summed E-state index contributed by atoms with van der Waals surface area (Å²) in [5.74, 6) is 1.36. The van der Waals surface area contributed by atoms with Crippen molar-refractivity contribution < 1.29 is 9.26 Å². The highest BCUT2D eigenvalue weighted by Crippen LogP contribution is 2.25. The molecule has 1 heterocycles. The normalized spacial score (nSPS) is 15.9. The summed E-state index contributed by atoms with van der Waals surface area (Å²) in [5.41, 5.74) is 5.51. The average molecular weight is 241 g/mol. The first-order valence-electron chi connectivity index (χ1n) is 6.16. The third-order valence-electron chi connectivity index (χ3n) is 3.03. The van der Waals surface area contributed by atoms with Crippen LogP contribution in [-0.2, 0) is 10.3 Å². The van der Waals surface area contributed by atoms with Crippen LogP contribution in [0, 0.1) is 5.92 Å². The highest BCUT2D eigenvalue weighted by Gasteiger charge is 2.29. The van der Waals surface area contributed by atoms with Crippen LogP contribution in [0.15, 0.2) is 4.52 Å². The lowest BCUT2D eigenvalue weighted by Gasteiger charge is -2.20. The Balaban J connectivity index is 2.84. The number of hydrogen-bond acceptors (Lipinski definition) is 5. The lowest BCUT2D eigenvalue weighted by Crippen LogP contribution is -2.24. The summed E-state index contributed by atoms with van der Waals surface area (Å²) in [4.78, 5) is 4.34. The van der Waals surface area contributed by atoms with Gasteiger partial charge in [0, 0.05) is 6.61 Å². The van der Waals surface area contributed by atoms with E-state index in [-0.39, 0.29) is 6.04 Å². The third-order valence-corrected chi connectivity index (χ3v) is 3.03. The van der Waals surface area contributed by atoms with Gasteiger partial charge in [-0.3, -0.25) is 0 Å². The van der Waals surface area contributed by atoms with Crippen molar-refractivity contribution in [2.24, 2.45) is 11.7 Å². The monoisotopic (exact) mass is 241 g/mol. The van der Waals surface area contributed by atoms with Gasteiger partial charge in [0.1, 0.15) is 5.60 Å². The van der Waals surface area contributed by atoms with Crippen LogP contribution in [0.1, 0.15) is 58.8 Å². The summed E-state index contributed by atoms with van der Waals surface area (Å²) >= 11 is 0. The van der Waals surface area contributed by atoms with Crippen LogP contribution in [0.25, 0.3) is 0 Å². The first-order valence-corrected chi connectivity index (χ1v) is 6.16. The Labute approximate surface area is 103 Å². The summed E-state index contributed by atoms with van der Waals surface area (Å²) in [6.07, 6.45) is 0.980. The van der Waals surface area contributed by atoms with Gasteiger partial charge >= 0.3 is 0 Å². The van der Waals surface area contributed by atoms with Crippen molar-refractivity contribution in [1.82, 2.24) is 10.1 Å². The predicted molar refractivity (Wildman–Crippen MR) is 65.3 cm³/mol. The van der Waals surface area contributed by atoms with Gasteiger partial charge in [0.25, 0.3) is 0 Å². The first kappa shape index (κ1) is 14.1. The maximum Gasteiger partial charge on any atom is 0.243 e. The molecule has 0 fully saturated rings. The molecule has 2 unspecified atom stereocenters. The van der Waals surface area contributed by atoms with Gasteiger partial charge in [-0.1, -0.05) is 25.4 Å². The summed E-state index contributed by atoms with van der Waals surface area (Å²) in [5, 5.41) is 3.95. The van der Waals surface area contributed by atoms with E-state index < -0.39 is 5.60 Å². The molecule has 5 nitrogen and oxygen atoms in total. The van der Waals surface area contributed by atoms with Gasteiger partial charge in [-0.25, -0.2) is 0 Å². The molecule has 17 heavy (non-hydrogen) atoms. The molecule has 1 aromatic heterocycles. The van der Waals surface area contributed by atoms with Crippen molar-refractivity contribution in [2.45, 2.75) is 52.7 Å². The molecular weight excluding hydrogens is 218 g/mol. The van der Waals surface area contributed by atoms with Crippen LogP contribution >= 0.6 is 0 Å². The molecule has 0 saturated carbocycles. The van der Waals surface area contributed by atoms with Crippen LogP contribution in [0.3, 0.4) is 0 Å². The number of ether oxygens (including phenoxy) is 1. The van der Waals surface area contributed by atoms with Crippen LogP contribution in [-0.4, -0.2) is 16.7 Å². The van der Waals surface area contributed by atoms with Crippen molar-refractivity contribution in [3.05, 3.63) is 11.7 Å². The zero-order valence-corrected chi connectivity index (χ0v) is 11.4. The molecule has 0 radical (unpaired) electrons. The molecule has 0 spiro atoms. The van der Waals surface area contributed by atoms with Gasteiger partial charge in [0.15, 0.2) is 0 Å². The molecule has 1 rings (SSSR count). The van der Waals surface area contributed by atoms with E-state index in [1.807, 2.05) is 20.8 Å². The summed E-state index contributed by atoms with van der Waals surface area (Å²) in [6, 6.07) is -0.210. The Morgan fingerprint density at radius 2 is 2.06 bits per heavy atom. The average Bonchev–Trinajstić information content (AvgIpc) is 2.76. The smallest absolute Gasteiger partial charge is 0.243 e. The predicted octanol–water partition coefficient (Wildman–Crippen LogP) is 2.39. The van der Waals surface area contributed by atoms with Gasteiger partial charge in [0.05, 0.1) is 6.04 Å². The van der Waals surface area contributed by atoms with E-state index in [0.29, 0.717) is 24.2 Å². The highest BCUT2D eigenvalue weighted by atomic mass is 16.5. The molecule has 5 heteroatoms. The molecule has 0 aliphatic carbocycles. The largest absolute Gasteiger partial charge is 0.368 e. The summed E-state index contributed by atoms with van der Waals surface area (Å²) in [7, 11) is 0. The van der Waals surface area contributed by atoms with Crippen LogP contribution in [0.4, 0.5) is 0 Å². The van der Waals surface area contributed by atoms with Crippen molar-refractivity contribution in [1.29, 1.82) is 0 Å². The van der Waals surface area contributed by atoms with E-state index in [4.69, 9.17) is 15.0 Å². The molecule has 1 aromatic rings.